The number of aromatic amines is 1. The molecule has 7 nitrogen and oxygen atoms in total. The van der Waals surface area contributed by atoms with Crippen molar-refractivity contribution in [1.82, 2.24) is 25.4 Å². The Balaban J connectivity index is 1.57. The van der Waals surface area contributed by atoms with Gasteiger partial charge in [0.1, 0.15) is 11.4 Å². The molecular weight excluding hydrogens is 258 g/mol. The number of likely N-dealkylation sites (tertiary alicyclic amines) is 1. The predicted octanol–water partition coefficient (Wildman–Crippen LogP) is 0.870. The third-order valence-corrected chi connectivity index (χ3v) is 4.15. The highest BCUT2D eigenvalue weighted by Crippen LogP contribution is 2.49. The first-order valence-electron chi connectivity index (χ1n) is 7.10. The van der Waals surface area contributed by atoms with Crippen LogP contribution in [0.3, 0.4) is 0 Å². The van der Waals surface area contributed by atoms with Gasteiger partial charge in [0.25, 0.3) is 0 Å². The van der Waals surface area contributed by atoms with Crippen LogP contribution in [-0.4, -0.2) is 43.3 Å². The van der Waals surface area contributed by atoms with Gasteiger partial charge in [-0.3, -0.25) is 5.10 Å². The van der Waals surface area contributed by atoms with Crippen LogP contribution < -0.4 is 5.32 Å². The van der Waals surface area contributed by atoms with Crippen LogP contribution in [0.25, 0.3) is 0 Å². The van der Waals surface area contributed by atoms with Gasteiger partial charge >= 0.3 is 6.03 Å². The van der Waals surface area contributed by atoms with Gasteiger partial charge in [-0.05, 0) is 39.5 Å². The van der Waals surface area contributed by atoms with E-state index in [4.69, 9.17) is 0 Å². The van der Waals surface area contributed by atoms with Gasteiger partial charge in [-0.25, -0.2) is 9.78 Å². The highest BCUT2D eigenvalue weighted by atomic mass is 16.3. The van der Waals surface area contributed by atoms with Crippen molar-refractivity contribution < 1.29 is 9.90 Å². The van der Waals surface area contributed by atoms with Crippen molar-refractivity contribution in [2.45, 2.75) is 57.2 Å². The van der Waals surface area contributed by atoms with Gasteiger partial charge in [-0.2, -0.15) is 5.10 Å². The predicted molar refractivity (Wildman–Crippen MR) is 71.8 cm³/mol. The van der Waals surface area contributed by atoms with E-state index in [-0.39, 0.29) is 11.6 Å². The van der Waals surface area contributed by atoms with E-state index in [0.717, 1.165) is 32.2 Å². The molecule has 1 saturated heterocycles. The second kappa shape index (κ2) is 4.44. The van der Waals surface area contributed by atoms with Crippen molar-refractivity contribution in [2.24, 2.45) is 0 Å². The lowest BCUT2D eigenvalue weighted by Gasteiger charge is -2.24. The zero-order chi connectivity index (χ0) is 14.4. The normalized spacial score (nSPS) is 20.4. The molecule has 2 amide bonds. The van der Waals surface area contributed by atoms with Crippen molar-refractivity contribution in [3.8, 4) is 0 Å². The van der Waals surface area contributed by atoms with Crippen LogP contribution in [0, 0.1) is 0 Å². The zero-order valence-corrected chi connectivity index (χ0v) is 11.9. The molecule has 3 rings (SSSR count). The minimum absolute atomic E-state index is 0.0267. The Bertz CT molecular complexity index is 515. The third-order valence-electron chi connectivity index (χ3n) is 4.15. The number of nitrogens with one attached hydrogen (secondary N) is 2. The lowest BCUT2D eigenvalue weighted by atomic mass is 10.1. The number of nitrogens with zero attached hydrogens (tertiary/aromatic N) is 3. The Labute approximate surface area is 117 Å². The summed E-state index contributed by atoms with van der Waals surface area (Å²) in [5, 5.41) is 19.4. The Morgan fingerprint density at radius 2 is 2.25 bits per heavy atom. The zero-order valence-electron chi connectivity index (χ0n) is 11.9. The lowest BCUT2D eigenvalue weighted by Crippen LogP contribution is -2.43. The fourth-order valence-electron chi connectivity index (χ4n) is 2.82. The number of aliphatic hydroxyl groups is 1. The molecule has 1 aromatic rings. The summed E-state index contributed by atoms with van der Waals surface area (Å²) >= 11 is 0. The quantitative estimate of drug-likeness (QED) is 0.765. The van der Waals surface area contributed by atoms with Gasteiger partial charge in [0.15, 0.2) is 5.82 Å². The van der Waals surface area contributed by atoms with Gasteiger partial charge < -0.3 is 15.3 Å². The van der Waals surface area contributed by atoms with E-state index < -0.39 is 5.60 Å². The summed E-state index contributed by atoms with van der Waals surface area (Å²) in [5.41, 5.74) is -0.921. The van der Waals surface area contributed by atoms with Crippen LogP contribution in [-0.2, 0) is 12.1 Å². The van der Waals surface area contributed by atoms with E-state index in [1.807, 2.05) is 4.90 Å². The largest absolute Gasteiger partial charge is 0.382 e. The number of H-pyrrole nitrogens is 1. The number of amides is 2. The first kappa shape index (κ1) is 13.4. The highest BCUT2D eigenvalue weighted by molar-refractivity contribution is 5.76. The fourth-order valence-corrected chi connectivity index (χ4v) is 2.82. The van der Waals surface area contributed by atoms with Crippen molar-refractivity contribution in [1.29, 1.82) is 0 Å². The molecule has 0 radical (unpaired) electrons. The van der Waals surface area contributed by atoms with Crippen LogP contribution in [0.15, 0.2) is 0 Å². The molecule has 2 heterocycles. The molecule has 2 aliphatic rings. The van der Waals surface area contributed by atoms with Crippen molar-refractivity contribution in [3.63, 3.8) is 0 Å². The third kappa shape index (κ3) is 2.37. The Morgan fingerprint density at radius 3 is 2.85 bits per heavy atom. The summed E-state index contributed by atoms with van der Waals surface area (Å²) in [6, 6.07) is -0.0267. The smallest absolute Gasteiger partial charge is 0.318 e. The maximum Gasteiger partial charge on any atom is 0.318 e. The molecule has 3 N–H and O–H groups in total. The molecular formula is C13H21N5O2. The first-order chi connectivity index (χ1) is 9.41. The second-order valence-electron chi connectivity index (χ2n) is 6.30. The molecule has 110 valence electrons. The fraction of sp³-hybridized carbons (Fsp3) is 0.769. The summed E-state index contributed by atoms with van der Waals surface area (Å²) in [5.74, 6) is 0.890. The van der Waals surface area contributed by atoms with E-state index >= 15 is 0 Å². The summed E-state index contributed by atoms with van der Waals surface area (Å²) in [7, 11) is 0. The number of carbonyl (C=O) groups is 1. The average Bonchev–Trinajstić information content (AvgIpc) is 2.83. The Morgan fingerprint density at radius 1 is 1.50 bits per heavy atom. The van der Waals surface area contributed by atoms with Crippen LogP contribution in [0.5, 0.6) is 0 Å². The van der Waals surface area contributed by atoms with Gasteiger partial charge in [0, 0.05) is 12.1 Å². The standard InChI is InChI=1S/C13H21N5O2/c1-12(2,20)10-15-9(16-17-10)8-14-11(19)18-7-3-4-13(18)5-6-13/h20H,3-8H2,1-2H3,(H,14,19)(H,15,16,17). The number of aromatic nitrogens is 3. The van der Waals surface area contributed by atoms with Crippen molar-refractivity contribution >= 4 is 6.03 Å². The van der Waals surface area contributed by atoms with Crippen LogP contribution in [0.1, 0.15) is 51.2 Å². The molecule has 0 atom stereocenters. The number of hydrogen-bond acceptors (Lipinski definition) is 4. The van der Waals surface area contributed by atoms with Crippen molar-refractivity contribution in [2.75, 3.05) is 6.54 Å². The van der Waals surface area contributed by atoms with E-state index in [2.05, 4.69) is 20.5 Å². The van der Waals surface area contributed by atoms with Gasteiger partial charge in [-0.15, -0.1) is 0 Å². The number of rotatable bonds is 3. The SMILES string of the molecule is CC(C)(O)c1n[nH]c(CNC(=O)N2CCCC23CC3)n1. The van der Waals surface area contributed by atoms with Crippen LogP contribution in [0.2, 0.25) is 0 Å². The Kier molecular flexibility index (Phi) is 2.97. The van der Waals surface area contributed by atoms with Crippen LogP contribution >= 0.6 is 0 Å². The maximum atomic E-state index is 12.2. The molecule has 1 aromatic heterocycles. The maximum absolute atomic E-state index is 12.2. The molecule has 1 saturated carbocycles. The molecule has 1 aliphatic heterocycles. The molecule has 1 spiro atoms. The summed E-state index contributed by atoms with van der Waals surface area (Å²) < 4.78 is 0. The minimum Gasteiger partial charge on any atom is -0.382 e. The van der Waals surface area contributed by atoms with Crippen LogP contribution in [0.4, 0.5) is 4.79 Å². The molecule has 2 fully saturated rings. The second-order valence-corrected chi connectivity index (χ2v) is 6.30. The molecule has 0 unspecified atom stereocenters. The van der Waals surface area contributed by atoms with E-state index in [0.29, 0.717) is 18.2 Å². The van der Waals surface area contributed by atoms with Gasteiger partial charge in [0.2, 0.25) is 0 Å². The van der Waals surface area contributed by atoms with E-state index in [1.54, 1.807) is 13.8 Å². The summed E-state index contributed by atoms with van der Waals surface area (Å²) in [6.45, 7) is 4.39. The van der Waals surface area contributed by atoms with Crippen molar-refractivity contribution in [3.05, 3.63) is 11.6 Å². The lowest BCUT2D eigenvalue weighted by molar-refractivity contribution is 0.0690. The number of carbonyl (C=O) groups excluding carboxylic acids is 1. The van der Waals surface area contributed by atoms with Gasteiger partial charge in [0.05, 0.1) is 6.54 Å². The molecule has 7 heteroatoms. The van der Waals surface area contributed by atoms with Gasteiger partial charge in [-0.1, -0.05) is 0 Å². The average molecular weight is 279 g/mol. The topological polar surface area (TPSA) is 94.1 Å². The van der Waals surface area contributed by atoms with E-state index in [9.17, 15) is 9.90 Å². The Hall–Kier alpha value is -1.63. The number of urea groups is 1. The molecule has 0 aromatic carbocycles. The highest BCUT2D eigenvalue weighted by Gasteiger charge is 2.52. The summed E-state index contributed by atoms with van der Waals surface area (Å²) in [4.78, 5) is 18.3. The number of hydrogen-bond donors (Lipinski definition) is 3. The first-order valence-corrected chi connectivity index (χ1v) is 7.10. The summed E-state index contributed by atoms with van der Waals surface area (Å²) in [6.07, 6.45) is 4.49. The molecule has 0 bridgehead atoms. The monoisotopic (exact) mass is 279 g/mol. The molecule has 1 aliphatic carbocycles. The van der Waals surface area contributed by atoms with E-state index in [1.165, 1.54) is 0 Å². The molecule has 20 heavy (non-hydrogen) atoms. The minimum atomic E-state index is -1.08.